The summed E-state index contributed by atoms with van der Waals surface area (Å²) >= 11 is 0. The molecule has 3 atom stereocenters. The van der Waals surface area contributed by atoms with Gasteiger partial charge in [-0.15, -0.1) is 0 Å². The molecule has 0 rings (SSSR count). The molecule has 0 spiro atoms. The molecule has 3 unspecified atom stereocenters. The molecule has 314 valence electrons. The minimum absolute atomic E-state index is 0.0585. The van der Waals surface area contributed by atoms with Crippen LogP contribution in [0.15, 0.2) is 60.8 Å². The van der Waals surface area contributed by atoms with Crippen LogP contribution in [0.2, 0.25) is 0 Å². The third-order valence-corrected chi connectivity index (χ3v) is 10.2. The van der Waals surface area contributed by atoms with E-state index in [1.807, 2.05) is 27.2 Å². The van der Waals surface area contributed by atoms with Crippen LogP contribution in [0.3, 0.4) is 0 Å². The van der Waals surface area contributed by atoms with Gasteiger partial charge in [-0.05, 0) is 57.8 Å². The van der Waals surface area contributed by atoms with Crippen molar-refractivity contribution < 1.29 is 32.9 Å². The summed E-state index contributed by atoms with van der Waals surface area (Å²) in [6.07, 6.45) is 47.4. The van der Waals surface area contributed by atoms with Crippen molar-refractivity contribution in [1.29, 1.82) is 0 Å². The number of hydrogen-bond donors (Lipinski definition) is 3. The maximum absolute atomic E-state index is 12.8. The van der Waals surface area contributed by atoms with Crippen LogP contribution in [0.5, 0.6) is 0 Å². The van der Waals surface area contributed by atoms with E-state index >= 15 is 0 Å². The highest BCUT2D eigenvalue weighted by Gasteiger charge is 2.27. The molecule has 0 bridgehead atoms. The number of carbonyl (C=O) groups excluding carboxylic acids is 1. The highest BCUT2D eigenvalue weighted by molar-refractivity contribution is 7.47. The zero-order chi connectivity index (χ0) is 40.0. The molecule has 54 heavy (non-hydrogen) atoms. The van der Waals surface area contributed by atoms with Crippen LogP contribution in [0, 0.1) is 0 Å². The average Bonchev–Trinajstić information content (AvgIpc) is 3.12. The fourth-order valence-electron chi connectivity index (χ4n) is 5.79. The van der Waals surface area contributed by atoms with E-state index in [0.29, 0.717) is 17.4 Å². The van der Waals surface area contributed by atoms with Crippen molar-refractivity contribution in [3.05, 3.63) is 60.8 Å². The second kappa shape index (κ2) is 36.8. The van der Waals surface area contributed by atoms with Gasteiger partial charge in [0.1, 0.15) is 13.2 Å². The van der Waals surface area contributed by atoms with Gasteiger partial charge < -0.3 is 19.8 Å². The predicted octanol–water partition coefficient (Wildman–Crippen LogP) is 11.9. The van der Waals surface area contributed by atoms with Crippen molar-refractivity contribution >= 4 is 13.7 Å². The summed E-state index contributed by atoms with van der Waals surface area (Å²) in [5.41, 5.74) is 0. The number of carbonyl (C=O) groups is 1. The third-order valence-electron chi connectivity index (χ3n) is 9.24. The molecule has 0 aromatic heterocycles. The van der Waals surface area contributed by atoms with E-state index in [0.717, 1.165) is 64.2 Å². The van der Waals surface area contributed by atoms with E-state index in [-0.39, 0.29) is 19.1 Å². The molecular formula is C45H84N2O6P+. The highest BCUT2D eigenvalue weighted by Crippen LogP contribution is 2.43. The van der Waals surface area contributed by atoms with Gasteiger partial charge in [-0.1, -0.05) is 164 Å². The molecule has 3 N–H and O–H groups in total. The molecular weight excluding hydrogens is 695 g/mol. The number of nitrogens with zero attached hydrogens (tertiary/aromatic N) is 1. The van der Waals surface area contributed by atoms with Crippen molar-refractivity contribution in [2.45, 2.75) is 180 Å². The number of aliphatic hydroxyl groups is 1. The van der Waals surface area contributed by atoms with Crippen molar-refractivity contribution in [3.63, 3.8) is 0 Å². The Morgan fingerprint density at radius 2 is 1.11 bits per heavy atom. The predicted molar refractivity (Wildman–Crippen MR) is 230 cm³/mol. The Kier molecular flexibility index (Phi) is 35.6. The molecule has 0 aromatic rings. The van der Waals surface area contributed by atoms with Crippen LogP contribution >= 0.6 is 7.82 Å². The van der Waals surface area contributed by atoms with Crippen molar-refractivity contribution in [3.8, 4) is 0 Å². The SMILES string of the molecule is CC/C=C\C/C=C\C/C=C\C/C=C\CCCCCCCCCCCCCCC(=O)NC(COP(=O)(O)OCC[N+](C)(C)C)C(O)/C=C/CCCCCCC. The molecule has 0 aliphatic carbocycles. The Morgan fingerprint density at radius 3 is 1.63 bits per heavy atom. The van der Waals surface area contributed by atoms with Gasteiger partial charge in [-0.25, -0.2) is 4.57 Å². The molecule has 0 aromatic carbocycles. The molecule has 8 nitrogen and oxygen atoms in total. The standard InChI is InChI=1S/C45H83N2O6P/c1-6-8-10-12-14-15-16-17-18-19-20-21-22-23-24-25-26-27-28-29-30-31-33-35-37-39-45(49)46-43(44(48)38-36-34-32-13-11-9-7-2)42-53-54(50,51)52-41-40-47(3,4)5/h8,10,14-15,17-18,20-21,36,38,43-44,48H,6-7,9,11-13,16,19,22-35,37,39-42H2,1-5H3,(H-,46,49,50,51)/p+1/b10-8-,15-14-,18-17-,21-20-,38-36+. The Labute approximate surface area is 332 Å². The van der Waals surface area contributed by atoms with Gasteiger partial charge in [0.05, 0.1) is 39.9 Å². The van der Waals surface area contributed by atoms with Gasteiger partial charge in [0.15, 0.2) is 0 Å². The first-order chi connectivity index (χ1) is 26.0. The first kappa shape index (κ1) is 52.2. The van der Waals surface area contributed by atoms with E-state index in [2.05, 4.69) is 67.8 Å². The van der Waals surface area contributed by atoms with Crippen molar-refractivity contribution in [2.24, 2.45) is 0 Å². The first-order valence-electron chi connectivity index (χ1n) is 21.7. The lowest BCUT2D eigenvalue weighted by molar-refractivity contribution is -0.870. The fourth-order valence-corrected chi connectivity index (χ4v) is 6.53. The minimum Gasteiger partial charge on any atom is -0.387 e. The largest absolute Gasteiger partial charge is 0.472 e. The highest BCUT2D eigenvalue weighted by atomic mass is 31.2. The number of likely N-dealkylation sites (N-methyl/N-ethyl adjacent to an activating group) is 1. The van der Waals surface area contributed by atoms with Gasteiger partial charge in [-0.3, -0.25) is 13.8 Å². The topological polar surface area (TPSA) is 105 Å². The minimum atomic E-state index is -4.33. The van der Waals surface area contributed by atoms with Crippen molar-refractivity contribution in [2.75, 3.05) is 40.9 Å². The third kappa shape index (κ3) is 38.5. The van der Waals surface area contributed by atoms with Crippen LogP contribution in [0.25, 0.3) is 0 Å². The Hall–Kier alpha value is -1.80. The number of hydrogen-bond acceptors (Lipinski definition) is 5. The van der Waals surface area contributed by atoms with E-state index < -0.39 is 20.0 Å². The zero-order valence-electron chi connectivity index (χ0n) is 35.4. The molecule has 9 heteroatoms. The number of quaternary nitrogens is 1. The lowest BCUT2D eigenvalue weighted by Gasteiger charge is -2.25. The molecule has 0 saturated heterocycles. The lowest BCUT2D eigenvalue weighted by Crippen LogP contribution is -2.45. The maximum Gasteiger partial charge on any atom is 0.472 e. The molecule has 0 radical (unpaired) electrons. The molecule has 1 amide bonds. The first-order valence-corrected chi connectivity index (χ1v) is 23.2. The Bertz CT molecular complexity index is 1060. The summed E-state index contributed by atoms with van der Waals surface area (Å²) in [6, 6.07) is -0.846. The second-order valence-corrected chi connectivity index (χ2v) is 17.1. The smallest absolute Gasteiger partial charge is 0.387 e. The molecule has 0 aliphatic rings. The molecule has 0 fully saturated rings. The normalized spacial score (nSPS) is 15.0. The molecule has 0 heterocycles. The van der Waals surface area contributed by atoms with Gasteiger partial charge in [0.2, 0.25) is 5.91 Å². The summed E-state index contributed by atoms with van der Waals surface area (Å²) in [5.74, 6) is -0.187. The molecule has 0 aliphatic heterocycles. The number of rotatable bonds is 38. The summed E-state index contributed by atoms with van der Waals surface area (Å²) in [7, 11) is 1.56. The van der Waals surface area contributed by atoms with Gasteiger partial charge >= 0.3 is 7.82 Å². The number of nitrogens with one attached hydrogen (secondary N) is 1. The summed E-state index contributed by atoms with van der Waals surface area (Å²) in [4.78, 5) is 23.0. The van der Waals surface area contributed by atoms with Gasteiger partial charge in [0.25, 0.3) is 0 Å². The monoisotopic (exact) mass is 780 g/mol. The van der Waals surface area contributed by atoms with Crippen molar-refractivity contribution in [1.82, 2.24) is 5.32 Å². The van der Waals surface area contributed by atoms with Crippen LogP contribution in [-0.4, -0.2) is 73.4 Å². The Balaban J connectivity index is 4.14. The second-order valence-electron chi connectivity index (χ2n) is 15.7. The summed E-state index contributed by atoms with van der Waals surface area (Å²) < 4.78 is 23.4. The zero-order valence-corrected chi connectivity index (χ0v) is 36.3. The average molecular weight is 780 g/mol. The van der Waals surface area contributed by atoms with Crippen LogP contribution in [0.1, 0.15) is 168 Å². The van der Waals surface area contributed by atoms with Crippen LogP contribution in [-0.2, 0) is 18.4 Å². The fraction of sp³-hybridized carbons (Fsp3) is 0.756. The van der Waals surface area contributed by atoms with E-state index in [1.165, 1.54) is 83.5 Å². The quantitative estimate of drug-likeness (QED) is 0.0249. The van der Waals surface area contributed by atoms with E-state index in [9.17, 15) is 19.4 Å². The number of aliphatic hydroxyl groups excluding tert-OH is 1. The number of unbranched alkanes of at least 4 members (excludes halogenated alkanes) is 17. The van der Waals surface area contributed by atoms with E-state index in [1.54, 1.807) is 6.08 Å². The lowest BCUT2D eigenvalue weighted by atomic mass is 10.0. The maximum atomic E-state index is 12.8. The number of phosphoric acid groups is 1. The Morgan fingerprint density at radius 1 is 0.648 bits per heavy atom. The van der Waals surface area contributed by atoms with E-state index in [4.69, 9.17) is 9.05 Å². The van der Waals surface area contributed by atoms with Crippen LogP contribution in [0.4, 0.5) is 0 Å². The number of amides is 1. The number of allylic oxidation sites excluding steroid dienone is 9. The number of phosphoric ester groups is 1. The molecule has 0 saturated carbocycles. The van der Waals surface area contributed by atoms with Gasteiger partial charge in [0, 0.05) is 6.42 Å². The summed E-state index contributed by atoms with van der Waals surface area (Å²) in [6.45, 7) is 4.62. The van der Waals surface area contributed by atoms with Gasteiger partial charge in [-0.2, -0.15) is 0 Å². The summed E-state index contributed by atoms with van der Waals surface area (Å²) in [5, 5.41) is 13.7. The van der Waals surface area contributed by atoms with Crippen LogP contribution < -0.4 is 5.32 Å².